The molecule has 0 heterocycles. The van der Waals surface area contributed by atoms with E-state index in [0.717, 1.165) is 0 Å². The normalized spacial score (nSPS) is 11.2. The van der Waals surface area contributed by atoms with E-state index in [2.05, 4.69) is 15.2 Å². The molecule has 0 bridgehead atoms. The maximum Gasteiger partial charge on any atom is 4.00 e. The van der Waals surface area contributed by atoms with E-state index in [0.29, 0.717) is 0 Å². The summed E-state index contributed by atoms with van der Waals surface area (Å²) >= 11 is 0. The molecular weight excluding hydrogens is 427 g/mol. The van der Waals surface area contributed by atoms with Crippen LogP contribution in [0, 0.1) is 0 Å². The predicted molar refractivity (Wildman–Crippen MR) is 49.9 cm³/mol. The molecule has 104 valence electrons. The summed E-state index contributed by atoms with van der Waals surface area (Å²) in [6, 6.07) is 0. The van der Waals surface area contributed by atoms with Crippen LogP contribution in [0.15, 0.2) is 12.7 Å². The van der Waals surface area contributed by atoms with Crippen molar-refractivity contribution in [2.24, 2.45) is 0 Å². The number of hydrogen-bond donors (Lipinski definition) is 1. The van der Waals surface area contributed by atoms with Gasteiger partial charge in [-0.15, -0.1) is 6.58 Å². The smallest absolute Gasteiger partial charge is 0.563 e. The first-order valence-corrected chi connectivity index (χ1v) is 7.71. The summed E-state index contributed by atoms with van der Waals surface area (Å²) < 4.78 is 43.3. The van der Waals surface area contributed by atoms with Crippen LogP contribution in [0.3, 0.4) is 0 Å². The molecule has 1 N–H and O–H groups in total. The minimum atomic E-state index is -3.24. The Morgan fingerprint density at radius 3 is 1.05 bits per heavy atom. The zero-order chi connectivity index (χ0) is 15.1. The Hall–Kier alpha value is 0.743. The van der Waals surface area contributed by atoms with E-state index >= 15 is 0 Å². The van der Waals surface area contributed by atoms with E-state index in [-0.39, 0.29) is 32.8 Å². The van der Waals surface area contributed by atoms with Crippen LogP contribution in [-0.2, 0) is 53.1 Å². The van der Waals surface area contributed by atoms with Crippen molar-refractivity contribution < 1.29 is 77.8 Å². The third-order valence-electron chi connectivity index (χ3n) is 0.396. The van der Waals surface area contributed by atoms with E-state index in [9.17, 15) is 37.8 Å². The molecule has 0 radical (unpaired) electrons. The van der Waals surface area contributed by atoms with Crippen LogP contribution in [0.2, 0.25) is 0 Å². The van der Waals surface area contributed by atoms with Gasteiger partial charge in [-0.05, 0) is 18.3 Å². The average molecular weight is 433 g/mol. The SMILES string of the molecule is C=CCO.O=[P+]([O-])O[P+](=O)[O-].O=[P+]([O-])O[P+](=O)[O-].[Zr+4]. The van der Waals surface area contributed by atoms with Crippen LogP contribution < -0.4 is 19.6 Å². The van der Waals surface area contributed by atoms with E-state index in [1.807, 2.05) is 0 Å². The van der Waals surface area contributed by atoms with Crippen molar-refractivity contribution in [2.45, 2.75) is 0 Å². The van der Waals surface area contributed by atoms with E-state index in [1.54, 1.807) is 0 Å². The average Bonchev–Trinajstić information content (AvgIpc) is 2.14. The van der Waals surface area contributed by atoms with Crippen LogP contribution in [-0.4, -0.2) is 11.7 Å². The number of aliphatic hydroxyl groups is 1. The minimum Gasteiger partial charge on any atom is -0.563 e. The van der Waals surface area contributed by atoms with Crippen molar-refractivity contribution in [3.63, 3.8) is 0 Å². The van der Waals surface area contributed by atoms with Gasteiger partial charge in [0.15, 0.2) is 0 Å². The molecule has 0 saturated heterocycles. The summed E-state index contributed by atoms with van der Waals surface area (Å²) in [6.07, 6.45) is 1.43. The molecule has 0 rings (SSSR count). The van der Waals surface area contributed by atoms with Crippen LogP contribution in [0.1, 0.15) is 0 Å². The summed E-state index contributed by atoms with van der Waals surface area (Å²) in [7, 11) is -12.9. The summed E-state index contributed by atoms with van der Waals surface area (Å²) in [4.78, 5) is 37.0. The molecule has 11 nitrogen and oxygen atoms in total. The van der Waals surface area contributed by atoms with Gasteiger partial charge in [-0.3, -0.25) is 0 Å². The Morgan fingerprint density at radius 1 is 0.895 bits per heavy atom. The number of rotatable bonds is 5. The maximum atomic E-state index is 9.24. The Kier molecular flexibility index (Phi) is 31.0. The topological polar surface area (TPSA) is 199 Å². The molecule has 0 aliphatic carbocycles. The first kappa shape index (κ1) is 28.0. The standard InChI is InChI=1S/C3H6O.2O5P2.Zr/c1-2-3-4;2*1-6(2)5-7(3)4;/h2,4H,1,3H2;;;/q;;;+4. The van der Waals surface area contributed by atoms with Gasteiger partial charge in [0.05, 0.1) is 6.61 Å². The monoisotopic (exact) mass is 432 g/mol. The molecular formula is C3H6O11P4Zr+4. The molecule has 0 aromatic heterocycles. The van der Waals surface area contributed by atoms with E-state index in [4.69, 9.17) is 5.11 Å². The zero-order valence-corrected chi connectivity index (χ0v) is 14.8. The maximum absolute atomic E-state index is 9.24. The minimum absolute atomic E-state index is 0. The van der Waals surface area contributed by atoms with E-state index in [1.165, 1.54) is 6.08 Å². The van der Waals surface area contributed by atoms with Crippen molar-refractivity contribution in [1.82, 2.24) is 0 Å². The molecule has 0 aliphatic heterocycles. The molecule has 0 saturated carbocycles. The Balaban J connectivity index is -0.0000000900. The van der Waals surface area contributed by atoms with E-state index < -0.39 is 33.0 Å². The summed E-state index contributed by atoms with van der Waals surface area (Å²) in [5, 5.41) is 7.76. The second kappa shape index (κ2) is 21.0. The second-order valence-electron chi connectivity index (χ2n) is 1.53. The van der Waals surface area contributed by atoms with Gasteiger partial charge < -0.3 is 24.7 Å². The summed E-state index contributed by atoms with van der Waals surface area (Å²) in [5.74, 6) is 0. The fourth-order valence-corrected chi connectivity index (χ4v) is 0.980. The van der Waals surface area contributed by atoms with Crippen molar-refractivity contribution in [1.29, 1.82) is 0 Å². The molecule has 4 atom stereocenters. The first-order valence-electron chi connectivity index (χ1n) is 3.32. The summed E-state index contributed by atoms with van der Waals surface area (Å²) in [6.45, 7) is 3.31. The van der Waals surface area contributed by atoms with Gasteiger partial charge in [0.1, 0.15) is 8.62 Å². The van der Waals surface area contributed by atoms with Gasteiger partial charge in [0, 0.05) is 0 Å². The molecule has 0 aromatic carbocycles. The van der Waals surface area contributed by atoms with Crippen LogP contribution in [0.5, 0.6) is 0 Å². The predicted octanol–water partition coefficient (Wildman–Crippen LogP) is -1.76. The zero-order valence-electron chi connectivity index (χ0n) is 8.81. The van der Waals surface area contributed by atoms with Gasteiger partial charge in [-0.25, -0.2) is 0 Å². The Labute approximate surface area is 130 Å². The molecule has 0 aliphatic rings. The quantitative estimate of drug-likeness (QED) is 0.380. The van der Waals surface area contributed by atoms with Gasteiger partial charge >= 0.3 is 59.2 Å². The molecule has 0 spiro atoms. The third-order valence-corrected chi connectivity index (χ3v) is 2.53. The van der Waals surface area contributed by atoms with Gasteiger partial charge in [-0.1, -0.05) is 6.08 Å². The number of aliphatic hydroxyl groups excluding tert-OH is 1. The molecule has 0 aromatic rings. The third kappa shape index (κ3) is 55.4. The van der Waals surface area contributed by atoms with Gasteiger partial charge in [0.25, 0.3) is 0 Å². The first-order chi connectivity index (χ1) is 8.17. The fourth-order valence-electron chi connectivity index (χ4n) is 0.109. The summed E-state index contributed by atoms with van der Waals surface area (Å²) in [5.41, 5.74) is 0. The molecule has 0 fully saturated rings. The van der Waals surface area contributed by atoms with Crippen LogP contribution in [0.4, 0.5) is 0 Å². The van der Waals surface area contributed by atoms with Gasteiger partial charge in [-0.2, -0.15) is 0 Å². The van der Waals surface area contributed by atoms with Crippen molar-refractivity contribution in [3.05, 3.63) is 12.7 Å². The Bertz CT molecular complexity index is 256. The largest absolute Gasteiger partial charge is 4.00 e. The Morgan fingerprint density at radius 2 is 1.05 bits per heavy atom. The second-order valence-corrected chi connectivity index (χ2v) is 4.62. The molecule has 0 amide bonds. The van der Waals surface area contributed by atoms with Crippen LogP contribution >= 0.6 is 33.0 Å². The van der Waals surface area contributed by atoms with Crippen molar-refractivity contribution in [3.8, 4) is 0 Å². The molecule has 19 heavy (non-hydrogen) atoms. The number of hydrogen-bond acceptors (Lipinski definition) is 11. The van der Waals surface area contributed by atoms with Crippen molar-refractivity contribution >= 4 is 33.0 Å². The van der Waals surface area contributed by atoms with Gasteiger partial charge in [0.2, 0.25) is 0 Å². The molecule has 16 heteroatoms. The van der Waals surface area contributed by atoms with Crippen LogP contribution in [0.25, 0.3) is 0 Å². The van der Waals surface area contributed by atoms with Crippen molar-refractivity contribution in [2.75, 3.05) is 6.61 Å². The molecule has 4 unspecified atom stereocenters. The fraction of sp³-hybridized carbons (Fsp3) is 0.333.